The fourth-order valence-corrected chi connectivity index (χ4v) is 2.14. The monoisotopic (exact) mass is 289 g/mol. The highest BCUT2D eigenvalue weighted by atomic mass is 79.9. The lowest BCUT2D eigenvalue weighted by Crippen LogP contribution is -2.16. The summed E-state index contributed by atoms with van der Waals surface area (Å²) in [6, 6.07) is 5.52. The first kappa shape index (κ1) is 12.4. The molecule has 0 saturated heterocycles. The summed E-state index contributed by atoms with van der Waals surface area (Å²) < 4.78 is 5.93. The molecule has 5 heteroatoms. The number of ether oxygens (including phenoxy) is 1. The molecule has 0 radical (unpaired) electrons. The van der Waals surface area contributed by atoms with Crippen molar-refractivity contribution in [1.82, 2.24) is 4.90 Å². The normalized spacial score (nSPS) is 9.87. The summed E-state index contributed by atoms with van der Waals surface area (Å²) in [7, 11) is 5.07. The maximum atomic E-state index is 11.5. The van der Waals surface area contributed by atoms with Gasteiger partial charge in [0.05, 0.1) is 7.11 Å². The van der Waals surface area contributed by atoms with Gasteiger partial charge in [0.1, 0.15) is 5.75 Å². The zero-order valence-electron chi connectivity index (χ0n) is 8.78. The first-order valence-corrected chi connectivity index (χ1v) is 5.88. The number of halogens is 1. The third-order valence-electron chi connectivity index (χ3n) is 1.70. The fraction of sp³-hybridized carbons (Fsp3) is 0.300. The quantitative estimate of drug-likeness (QED) is 0.783. The molecule has 0 fully saturated rings. The van der Waals surface area contributed by atoms with Gasteiger partial charge in [0, 0.05) is 23.5 Å². The fourth-order valence-electron chi connectivity index (χ4n) is 0.877. The number of nitrogens with zero attached hydrogens (tertiary/aromatic N) is 1. The molecule has 1 amide bonds. The largest absolute Gasteiger partial charge is 0.497 e. The minimum atomic E-state index is 0.000803. The summed E-state index contributed by atoms with van der Waals surface area (Å²) in [4.78, 5) is 13.9. The van der Waals surface area contributed by atoms with Crippen LogP contribution in [0.25, 0.3) is 0 Å². The van der Waals surface area contributed by atoms with Crippen LogP contribution in [-0.4, -0.2) is 31.3 Å². The number of rotatable bonds is 2. The summed E-state index contributed by atoms with van der Waals surface area (Å²) in [5.41, 5.74) is 0. The van der Waals surface area contributed by atoms with Crippen LogP contribution < -0.4 is 4.74 Å². The van der Waals surface area contributed by atoms with Crippen molar-refractivity contribution in [3.63, 3.8) is 0 Å². The van der Waals surface area contributed by atoms with Crippen LogP contribution in [0.4, 0.5) is 4.79 Å². The number of hydrogen-bond donors (Lipinski definition) is 0. The molecule has 0 saturated carbocycles. The van der Waals surface area contributed by atoms with Gasteiger partial charge in [0.2, 0.25) is 0 Å². The maximum Gasteiger partial charge on any atom is 0.285 e. The highest BCUT2D eigenvalue weighted by molar-refractivity contribution is 9.10. The van der Waals surface area contributed by atoms with Crippen molar-refractivity contribution in [2.75, 3.05) is 21.2 Å². The second-order valence-corrected chi connectivity index (χ2v) is 4.91. The Hall–Kier alpha value is -0.680. The Labute approximate surface area is 102 Å². The first-order chi connectivity index (χ1) is 7.04. The Balaban J connectivity index is 2.83. The van der Waals surface area contributed by atoms with Gasteiger partial charge in [-0.3, -0.25) is 4.79 Å². The van der Waals surface area contributed by atoms with Gasteiger partial charge in [-0.25, -0.2) is 0 Å². The van der Waals surface area contributed by atoms with E-state index >= 15 is 0 Å². The number of hydrogen-bond acceptors (Lipinski definition) is 3. The van der Waals surface area contributed by atoms with Gasteiger partial charge in [0.25, 0.3) is 5.24 Å². The molecule has 3 nitrogen and oxygen atoms in total. The van der Waals surface area contributed by atoms with Crippen LogP contribution in [0, 0.1) is 0 Å². The van der Waals surface area contributed by atoms with E-state index in [4.69, 9.17) is 4.74 Å². The lowest BCUT2D eigenvalue weighted by atomic mass is 10.3. The lowest BCUT2D eigenvalue weighted by Gasteiger charge is -2.10. The number of amides is 1. The number of methoxy groups -OCH3 is 1. The molecule has 0 bridgehead atoms. The van der Waals surface area contributed by atoms with Crippen molar-refractivity contribution < 1.29 is 9.53 Å². The van der Waals surface area contributed by atoms with Crippen LogP contribution in [0.3, 0.4) is 0 Å². The topological polar surface area (TPSA) is 29.5 Å². The third-order valence-corrected chi connectivity index (χ3v) is 3.74. The molecule has 0 aromatic heterocycles. The Morgan fingerprint density at radius 3 is 2.60 bits per heavy atom. The van der Waals surface area contributed by atoms with E-state index in [9.17, 15) is 4.79 Å². The van der Waals surface area contributed by atoms with E-state index in [0.717, 1.165) is 15.1 Å². The van der Waals surface area contributed by atoms with E-state index in [1.54, 1.807) is 26.1 Å². The Morgan fingerprint density at radius 2 is 2.13 bits per heavy atom. The molecular weight excluding hydrogens is 278 g/mol. The number of benzene rings is 1. The molecule has 1 aromatic rings. The summed E-state index contributed by atoms with van der Waals surface area (Å²) in [6.07, 6.45) is 0. The lowest BCUT2D eigenvalue weighted by molar-refractivity contribution is 0.241. The maximum absolute atomic E-state index is 11.5. The molecule has 0 aliphatic heterocycles. The third kappa shape index (κ3) is 3.43. The van der Waals surface area contributed by atoms with Crippen molar-refractivity contribution in [1.29, 1.82) is 0 Å². The van der Waals surface area contributed by atoms with E-state index in [2.05, 4.69) is 15.9 Å². The van der Waals surface area contributed by atoms with Crippen LogP contribution in [0.15, 0.2) is 27.6 Å². The Bertz CT molecular complexity index is 368. The van der Waals surface area contributed by atoms with Crippen molar-refractivity contribution in [3.05, 3.63) is 22.7 Å². The van der Waals surface area contributed by atoms with Crippen LogP contribution in [-0.2, 0) is 0 Å². The predicted octanol–water partition coefficient (Wildman–Crippen LogP) is 3.23. The standard InChI is InChI=1S/C10H12BrNO2S/c1-12(2)10(13)15-9-5-4-7(14-3)6-8(9)11/h4-6H,1-3H3. The SMILES string of the molecule is COc1ccc(SC(=O)N(C)C)c(Br)c1. The highest BCUT2D eigenvalue weighted by Crippen LogP contribution is 2.31. The van der Waals surface area contributed by atoms with E-state index < -0.39 is 0 Å². The Kier molecular flexibility index (Phi) is 4.47. The number of thioether (sulfide) groups is 1. The first-order valence-electron chi connectivity index (χ1n) is 4.27. The van der Waals surface area contributed by atoms with Gasteiger partial charge < -0.3 is 9.64 Å². The van der Waals surface area contributed by atoms with E-state index in [-0.39, 0.29) is 5.24 Å². The average Bonchev–Trinajstić information content (AvgIpc) is 2.20. The molecule has 15 heavy (non-hydrogen) atoms. The van der Waals surface area contributed by atoms with Crippen molar-refractivity contribution in [2.45, 2.75) is 4.90 Å². The van der Waals surface area contributed by atoms with Crippen LogP contribution in [0.1, 0.15) is 0 Å². The summed E-state index contributed by atoms with van der Waals surface area (Å²) >= 11 is 4.58. The molecule has 0 N–H and O–H groups in total. The molecule has 0 aliphatic carbocycles. The molecule has 1 rings (SSSR count). The zero-order valence-corrected chi connectivity index (χ0v) is 11.2. The van der Waals surface area contributed by atoms with Gasteiger partial charge >= 0.3 is 0 Å². The molecule has 0 unspecified atom stereocenters. The molecule has 0 atom stereocenters. The second kappa shape index (κ2) is 5.42. The zero-order chi connectivity index (χ0) is 11.4. The Morgan fingerprint density at radius 1 is 1.47 bits per heavy atom. The molecule has 0 heterocycles. The summed E-state index contributed by atoms with van der Waals surface area (Å²) in [5.74, 6) is 0.767. The molecule has 0 spiro atoms. The van der Waals surface area contributed by atoms with Gasteiger partial charge in [-0.15, -0.1) is 0 Å². The van der Waals surface area contributed by atoms with Gasteiger partial charge in [-0.05, 0) is 45.9 Å². The van der Waals surface area contributed by atoms with Crippen LogP contribution in [0.5, 0.6) is 5.75 Å². The molecule has 0 aliphatic rings. The minimum Gasteiger partial charge on any atom is -0.497 e. The van der Waals surface area contributed by atoms with Crippen LogP contribution >= 0.6 is 27.7 Å². The van der Waals surface area contributed by atoms with Crippen molar-refractivity contribution >= 4 is 32.9 Å². The van der Waals surface area contributed by atoms with E-state index in [1.165, 1.54) is 11.8 Å². The van der Waals surface area contributed by atoms with Gasteiger partial charge in [0.15, 0.2) is 0 Å². The number of carbonyl (C=O) groups excluding carboxylic acids is 1. The molecular formula is C10H12BrNO2S. The second-order valence-electron chi connectivity index (χ2n) is 3.06. The van der Waals surface area contributed by atoms with Crippen molar-refractivity contribution in [2.24, 2.45) is 0 Å². The van der Waals surface area contributed by atoms with Gasteiger partial charge in [-0.1, -0.05) is 0 Å². The van der Waals surface area contributed by atoms with Crippen molar-refractivity contribution in [3.8, 4) is 5.75 Å². The summed E-state index contributed by atoms with van der Waals surface area (Å²) in [5, 5.41) is 0.000803. The predicted molar refractivity (Wildman–Crippen MR) is 65.6 cm³/mol. The minimum absolute atomic E-state index is 0.000803. The number of carbonyl (C=O) groups is 1. The molecule has 82 valence electrons. The van der Waals surface area contributed by atoms with Gasteiger partial charge in [-0.2, -0.15) is 0 Å². The van der Waals surface area contributed by atoms with E-state index in [0.29, 0.717) is 0 Å². The smallest absolute Gasteiger partial charge is 0.285 e. The highest BCUT2D eigenvalue weighted by Gasteiger charge is 2.10. The summed E-state index contributed by atoms with van der Waals surface area (Å²) in [6.45, 7) is 0. The van der Waals surface area contributed by atoms with E-state index in [1.807, 2.05) is 18.2 Å². The van der Waals surface area contributed by atoms with Crippen LogP contribution in [0.2, 0.25) is 0 Å². The molecule has 1 aromatic carbocycles. The average molecular weight is 290 g/mol.